The summed E-state index contributed by atoms with van der Waals surface area (Å²) in [6.45, 7) is 7.15. The number of primary amides is 1. The van der Waals surface area contributed by atoms with E-state index in [4.69, 9.17) is 16.2 Å². The molecule has 0 unspecified atom stereocenters. The number of nitrogens with two attached hydrogens (primary N) is 2. The Labute approximate surface area is 230 Å². The lowest BCUT2D eigenvalue weighted by Gasteiger charge is -2.49. The van der Waals surface area contributed by atoms with Crippen molar-refractivity contribution < 1.29 is 13.9 Å². The van der Waals surface area contributed by atoms with Gasteiger partial charge in [-0.1, -0.05) is 42.5 Å². The van der Waals surface area contributed by atoms with Gasteiger partial charge in [-0.2, -0.15) is 0 Å². The Kier molecular flexibility index (Phi) is 8.26. The van der Waals surface area contributed by atoms with Crippen LogP contribution in [0.5, 0.6) is 11.6 Å². The van der Waals surface area contributed by atoms with E-state index in [0.717, 1.165) is 67.7 Å². The lowest BCUT2D eigenvalue weighted by molar-refractivity contribution is -0.00934. The third-order valence-electron chi connectivity index (χ3n) is 8.12. The number of piperazine rings is 1. The van der Waals surface area contributed by atoms with Gasteiger partial charge in [0.05, 0.1) is 6.20 Å². The maximum Gasteiger partial charge on any atom is 0.254 e. The summed E-state index contributed by atoms with van der Waals surface area (Å²) in [4.78, 5) is 21.2. The van der Waals surface area contributed by atoms with Crippen LogP contribution in [0.3, 0.4) is 0 Å². The number of pyridine rings is 1. The van der Waals surface area contributed by atoms with E-state index in [-0.39, 0.29) is 11.4 Å². The van der Waals surface area contributed by atoms with Crippen molar-refractivity contribution in [3.63, 3.8) is 0 Å². The molecule has 206 valence electrons. The highest BCUT2D eigenvalue weighted by atomic mass is 19.1. The monoisotopic (exact) mass is 531 g/mol. The number of hydrogen-bond acceptors (Lipinski definition) is 6. The second-order valence-electron chi connectivity index (χ2n) is 11.0. The van der Waals surface area contributed by atoms with E-state index < -0.39 is 11.7 Å². The minimum Gasteiger partial charge on any atom is -0.438 e. The van der Waals surface area contributed by atoms with Crippen molar-refractivity contribution in [2.75, 3.05) is 13.1 Å². The van der Waals surface area contributed by atoms with Gasteiger partial charge in [0.25, 0.3) is 5.91 Å². The van der Waals surface area contributed by atoms with E-state index in [0.29, 0.717) is 36.5 Å². The van der Waals surface area contributed by atoms with Crippen LogP contribution in [0.2, 0.25) is 0 Å². The largest absolute Gasteiger partial charge is 0.438 e. The summed E-state index contributed by atoms with van der Waals surface area (Å²) in [6, 6.07) is 18.8. The summed E-state index contributed by atoms with van der Waals surface area (Å²) in [5, 5.41) is 0. The number of rotatable bonds is 7. The minimum atomic E-state index is -0.791. The second-order valence-corrected chi connectivity index (χ2v) is 11.0. The molecule has 39 heavy (non-hydrogen) atoms. The molecule has 0 bridgehead atoms. The highest BCUT2D eigenvalue weighted by Gasteiger charge is 2.36. The Balaban J connectivity index is 1.45. The van der Waals surface area contributed by atoms with E-state index in [9.17, 15) is 9.18 Å². The topological polar surface area (TPSA) is 97.7 Å². The molecule has 0 spiro atoms. The van der Waals surface area contributed by atoms with Gasteiger partial charge in [0.1, 0.15) is 17.1 Å². The van der Waals surface area contributed by atoms with Crippen LogP contribution in [0.1, 0.15) is 55.5 Å². The zero-order valence-electron chi connectivity index (χ0n) is 22.7. The van der Waals surface area contributed by atoms with Crippen LogP contribution in [0.15, 0.2) is 60.8 Å². The van der Waals surface area contributed by atoms with E-state index in [1.807, 2.05) is 30.3 Å². The summed E-state index contributed by atoms with van der Waals surface area (Å²) in [5.41, 5.74) is 14.7. The summed E-state index contributed by atoms with van der Waals surface area (Å²) in [6.07, 6.45) is 5.55. The SMILES string of the molecule is C[C@@H]1CN(Cc2c(Oc3ncc(F)cc3C(N)=O)cccc2-c2ccccc2)C[C@H](C)N1C1CCC(N)CC1. The van der Waals surface area contributed by atoms with Gasteiger partial charge < -0.3 is 16.2 Å². The van der Waals surface area contributed by atoms with Gasteiger partial charge in [0.15, 0.2) is 0 Å². The van der Waals surface area contributed by atoms with Crippen molar-refractivity contribution in [3.8, 4) is 22.8 Å². The zero-order valence-corrected chi connectivity index (χ0v) is 22.7. The fourth-order valence-corrected chi connectivity index (χ4v) is 6.42. The first-order valence-electron chi connectivity index (χ1n) is 13.9. The van der Waals surface area contributed by atoms with Crippen LogP contribution in [0.25, 0.3) is 11.1 Å². The fourth-order valence-electron chi connectivity index (χ4n) is 6.42. The molecule has 4 N–H and O–H groups in total. The Bertz CT molecular complexity index is 1280. The van der Waals surface area contributed by atoms with Gasteiger partial charge in [-0.25, -0.2) is 9.37 Å². The highest BCUT2D eigenvalue weighted by molar-refractivity contribution is 5.95. The molecule has 2 aliphatic rings. The number of halogens is 1. The molecule has 1 aromatic heterocycles. The van der Waals surface area contributed by atoms with Gasteiger partial charge in [-0.05, 0) is 62.8 Å². The van der Waals surface area contributed by atoms with Crippen molar-refractivity contribution >= 4 is 5.91 Å². The van der Waals surface area contributed by atoms with E-state index in [1.54, 1.807) is 0 Å². The summed E-state index contributed by atoms with van der Waals surface area (Å²) < 4.78 is 20.0. The van der Waals surface area contributed by atoms with Crippen LogP contribution in [0.4, 0.5) is 4.39 Å². The Hall–Kier alpha value is -3.33. The number of benzene rings is 2. The molecule has 1 amide bonds. The van der Waals surface area contributed by atoms with Gasteiger partial charge in [-0.15, -0.1) is 0 Å². The number of aromatic nitrogens is 1. The summed E-state index contributed by atoms with van der Waals surface area (Å²) >= 11 is 0. The number of nitrogens with zero attached hydrogens (tertiary/aromatic N) is 3. The van der Waals surface area contributed by atoms with Crippen LogP contribution < -0.4 is 16.2 Å². The average Bonchev–Trinajstić information content (AvgIpc) is 2.91. The lowest BCUT2D eigenvalue weighted by Crippen LogP contribution is -2.60. The predicted octanol–water partition coefficient (Wildman–Crippen LogP) is 4.94. The molecule has 2 fully saturated rings. The molecule has 1 saturated heterocycles. The van der Waals surface area contributed by atoms with Crippen molar-refractivity contribution in [2.45, 2.75) is 70.2 Å². The zero-order chi connectivity index (χ0) is 27.5. The van der Waals surface area contributed by atoms with Gasteiger partial charge in [-0.3, -0.25) is 14.6 Å². The van der Waals surface area contributed by atoms with Gasteiger partial charge in [0, 0.05) is 49.4 Å². The smallest absolute Gasteiger partial charge is 0.254 e. The molecule has 1 saturated carbocycles. The van der Waals surface area contributed by atoms with Crippen molar-refractivity contribution in [1.82, 2.24) is 14.8 Å². The molecule has 1 aliphatic heterocycles. The highest BCUT2D eigenvalue weighted by Crippen LogP contribution is 2.36. The molecule has 2 heterocycles. The first-order chi connectivity index (χ1) is 18.8. The number of hydrogen-bond donors (Lipinski definition) is 2. The number of carbonyl (C=O) groups excluding carboxylic acids is 1. The molecule has 2 aromatic carbocycles. The van der Waals surface area contributed by atoms with Crippen molar-refractivity contribution in [3.05, 3.63) is 77.7 Å². The first-order valence-corrected chi connectivity index (χ1v) is 13.9. The molecular formula is C31H38FN5O2. The molecule has 1 aliphatic carbocycles. The standard InChI is InChI=1S/C31H38FN5O2/c1-20-17-36(18-21(2)37(20)25-13-11-24(33)12-14-25)19-28-26(22-7-4-3-5-8-22)9-6-10-29(28)39-31-27(30(34)38)15-23(32)16-35-31/h3-10,15-16,20-21,24-25H,11-14,17-19,33H2,1-2H3,(H2,34,38)/t20-,21+,24?,25?. The summed E-state index contributed by atoms with van der Waals surface area (Å²) in [7, 11) is 0. The summed E-state index contributed by atoms with van der Waals surface area (Å²) in [5.74, 6) is -0.866. The molecule has 8 heteroatoms. The predicted molar refractivity (Wildman–Crippen MR) is 151 cm³/mol. The molecular weight excluding hydrogens is 493 g/mol. The third-order valence-corrected chi connectivity index (χ3v) is 8.12. The van der Waals surface area contributed by atoms with Gasteiger partial charge >= 0.3 is 0 Å². The normalized spacial score (nSPS) is 24.4. The Morgan fingerprint density at radius 1 is 1.03 bits per heavy atom. The quantitative estimate of drug-likeness (QED) is 0.448. The molecule has 2 atom stereocenters. The van der Waals surface area contributed by atoms with E-state index in [1.165, 1.54) is 0 Å². The van der Waals surface area contributed by atoms with Crippen molar-refractivity contribution in [2.24, 2.45) is 11.5 Å². The number of carbonyl (C=O) groups is 1. The van der Waals surface area contributed by atoms with Crippen molar-refractivity contribution in [1.29, 1.82) is 0 Å². The Morgan fingerprint density at radius 3 is 2.38 bits per heavy atom. The lowest BCUT2D eigenvalue weighted by atomic mass is 9.88. The average molecular weight is 532 g/mol. The maximum absolute atomic E-state index is 13.8. The number of amides is 1. The van der Waals surface area contributed by atoms with Crippen LogP contribution in [-0.4, -0.2) is 57.9 Å². The van der Waals surface area contributed by atoms with Crippen LogP contribution in [0, 0.1) is 5.82 Å². The van der Waals surface area contributed by atoms with E-state index in [2.05, 4.69) is 46.8 Å². The van der Waals surface area contributed by atoms with Crippen LogP contribution >= 0.6 is 0 Å². The van der Waals surface area contributed by atoms with Gasteiger partial charge in [0.2, 0.25) is 5.88 Å². The molecule has 5 rings (SSSR count). The Morgan fingerprint density at radius 2 is 1.72 bits per heavy atom. The first kappa shape index (κ1) is 27.2. The third kappa shape index (κ3) is 6.13. The van der Waals surface area contributed by atoms with E-state index >= 15 is 0 Å². The second kappa shape index (κ2) is 11.8. The fraction of sp³-hybridized carbons (Fsp3) is 0.419. The number of ether oxygens (including phenoxy) is 1. The minimum absolute atomic E-state index is 0.00239. The van der Waals surface area contributed by atoms with Crippen LogP contribution in [-0.2, 0) is 6.54 Å². The molecule has 0 radical (unpaired) electrons. The molecule has 3 aromatic rings. The molecule has 7 nitrogen and oxygen atoms in total. The maximum atomic E-state index is 13.8.